The van der Waals surface area contributed by atoms with Gasteiger partial charge in [0.25, 0.3) is 0 Å². The van der Waals surface area contributed by atoms with Crippen LogP contribution in [-0.2, 0) is 16.6 Å². The van der Waals surface area contributed by atoms with Gasteiger partial charge in [-0.05, 0) is 22.2 Å². The number of carbonyl (C=O) groups excluding carboxylic acids is 1. The van der Waals surface area contributed by atoms with Crippen LogP contribution in [0.5, 0.6) is 0 Å². The summed E-state index contributed by atoms with van der Waals surface area (Å²) in [6.45, 7) is 0. The molecule has 1 unspecified atom stereocenters. The lowest BCUT2D eigenvalue weighted by Gasteiger charge is -2.47. The third-order valence-electron chi connectivity index (χ3n) is 2.97. The van der Waals surface area contributed by atoms with Crippen molar-refractivity contribution in [1.82, 2.24) is 25.1 Å². The number of aryl methyl sites for hydroxylation is 1. The molecule has 0 bridgehead atoms. The van der Waals surface area contributed by atoms with Gasteiger partial charge < -0.3 is 10.8 Å². The maximum absolute atomic E-state index is 11.8. The fourth-order valence-corrected chi connectivity index (χ4v) is 4.31. The zero-order chi connectivity index (χ0) is 14.4. The molecule has 0 radical (unpaired) electrons. The van der Waals surface area contributed by atoms with Crippen molar-refractivity contribution in [3.8, 4) is 0 Å². The molecule has 3 rings (SSSR count). The molecule has 2 atom stereocenters. The number of carboxylic acids is 1. The number of thioether (sulfide) groups is 2. The van der Waals surface area contributed by atoms with Gasteiger partial charge in [0.05, 0.1) is 0 Å². The van der Waals surface area contributed by atoms with Crippen LogP contribution >= 0.6 is 23.5 Å². The molecule has 0 aromatic carbocycles. The number of nitrogens with two attached hydrogens (primary N) is 1. The van der Waals surface area contributed by atoms with Gasteiger partial charge in [-0.25, -0.2) is 9.48 Å². The predicted octanol–water partition coefficient (Wildman–Crippen LogP) is -1.16. The molecule has 2 aliphatic heterocycles. The summed E-state index contributed by atoms with van der Waals surface area (Å²) in [5.41, 5.74) is 5.65. The van der Waals surface area contributed by atoms with E-state index in [1.165, 1.54) is 21.3 Å². The first-order chi connectivity index (χ1) is 9.50. The number of carbonyl (C=O) groups is 2. The highest BCUT2D eigenvalue weighted by molar-refractivity contribution is 8.06. The normalized spacial score (nSPS) is 25.5. The Morgan fingerprint density at radius 3 is 2.95 bits per heavy atom. The number of aliphatic carboxylic acids is 1. The van der Waals surface area contributed by atoms with Crippen molar-refractivity contribution in [3.05, 3.63) is 10.6 Å². The SMILES string of the molecule is Cn1nnnc1SC1=C(C(=O)O)N2C(=O)[C@@H](N)C2SC1. The van der Waals surface area contributed by atoms with Crippen molar-refractivity contribution < 1.29 is 14.7 Å². The van der Waals surface area contributed by atoms with E-state index >= 15 is 0 Å². The second-order valence-corrected chi connectivity index (χ2v) is 6.37. The van der Waals surface area contributed by atoms with Crippen LogP contribution in [-0.4, -0.2) is 59.3 Å². The lowest BCUT2D eigenvalue weighted by molar-refractivity contribution is -0.147. The Morgan fingerprint density at radius 2 is 2.35 bits per heavy atom. The minimum Gasteiger partial charge on any atom is -0.477 e. The van der Waals surface area contributed by atoms with Crippen LogP contribution in [0.2, 0.25) is 0 Å². The molecule has 3 heterocycles. The molecule has 9 nitrogen and oxygen atoms in total. The molecule has 0 aliphatic carbocycles. The van der Waals surface area contributed by atoms with Crippen LogP contribution in [0, 0.1) is 0 Å². The summed E-state index contributed by atoms with van der Waals surface area (Å²) in [5.74, 6) is -1.05. The largest absolute Gasteiger partial charge is 0.477 e. The van der Waals surface area contributed by atoms with Crippen LogP contribution in [0.1, 0.15) is 0 Å². The minimum atomic E-state index is -1.15. The van der Waals surface area contributed by atoms with Crippen molar-refractivity contribution in [2.45, 2.75) is 16.6 Å². The molecule has 2 aliphatic rings. The van der Waals surface area contributed by atoms with E-state index in [0.29, 0.717) is 15.8 Å². The summed E-state index contributed by atoms with van der Waals surface area (Å²) in [6, 6.07) is -0.627. The number of nitrogens with zero attached hydrogens (tertiary/aromatic N) is 5. The Kier molecular flexibility index (Phi) is 3.18. The zero-order valence-electron chi connectivity index (χ0n) is 10.3. The van der Waals surface area contributed by atoms with E-state index in [2.05, 4.69) is 15.5 Å². The lowest BCUT2D eigenvalue weighted by Crippen LogP contribution is -2.68. The van der Waals surface area contributed by atoms with E-state index in [4.69, 9.17) is 5.73 Å². The van der Waals surface area contributed by atoms with Gasteiger partial charge in [0.2, 0.25) is 11.1 Å². The van der Waals surface area contributed by atoms with Gasteiger partial charge in [-0.2, -0.15) is 0 Å². The van der Waals surface area contributed by atoms with Gasteiger partial charge in [0.1, 0.15) is 17.1 Å². The van der Waals surface area contributed by atoms with Crippen molar-refractivity contribution in [1.29, 1.82) is 0 Å². The van der Waals surface area contributed by atoms with E-state index in [1.54, 1.807) is 7.05 Å². The molecule has 1 aromatic heterocycles. The van der Waals surface area contributed by atoms with Gasteiger partial charge in [-0.1, -0.05) is 0 Å². The van der Waals surface area contributed by atoms with Crippen molar-refractivity contribution in [2.24, 2.45) is 12.8 Å². The van der Waals surface area contributed by atoms with Gasteiger partial charge >= 0.3 is 5.97 Å². The molecular weight excluding hydrogens is 304 g/mol. The Bertz CT molecular complexity index is 629. The van der Waals surface area contributed by atoms with Gasteiger partial charge in [0, 0.05) is 17.7 Å². The van der Waals surface area contributed by atoms with Crippen LogP contribution in [0.4, 0.5) is 0 Å². The maximum Gasteiger partial charge on any atom is 0.353 e. The first-order valence-corrected chi connectivity index (χ1v) is 7.44. The van der Waals surface area contributed by atoms with Gasteiger partial charge in [-0.15, -0.1) is 16.9 Å². The van der Waals surface area contributed by atoms with Crippen LogP contribution < -0.4 is 5.73 Å². The summed E-state index contributed by atoms with van der Waals surface area (Å²) in [7, 11) is 1.66. The number of fused-ring (bicyclic) bond motifs is 1. The quantitative estimate of drug-likeness (QED) is 0.664. The number of hydrogen-bond acceptors (Lipinski definition) is 8. The molecule has 106 valence electrons. The van der Waals surface area contributed by atoms with Crippen LogP contribution in [0.3, 0.4) is 0 Å². The monoisotopic (exact) mass is 314 g/mol. The molecule has 0 saturated carbocycles. The molecule has 20 heavy (non-hydrogen) atoms. The number of amides is 1. The standard InChI is InChI=1S/C9H10N6O3S2/c1-14-9(11-12-13-14)20-3-2-19-7-4(10)6(16)15(7)5(3)8(17)18/h4,7H,2,10H2,1H3,(H,17,18)/t4-,7?/m1/s1. The number of hydrogen-bond donors (Lipinski definition) is 2. The first-order valence-electron chi connectivity index (χ1n) is 5.57. The molecule has 1 amide bonds. The summed E-state index contributed by atoms with van der Waals surface area (Å²) < 4.78 is 1.44. The Morgan fingerprint density at radius 1 is 1.60 bits per heavy atom. The molecule has 1 aromatic rings. The Balaban J connectivity index is 1.96. The predicted molar refractivity (Wildman–Crippen MR) is 70.4 cm³/mol. The molecule has 11 heteroatoms. The number of tetrazole rings is 1. The van der Waals surface area contributed by atoms with Crippen molar-refractivity contribution in [2.75, 3.05) is 5.75 Å². The maximum atomic E-state index is 11.8. The number of rotatable bonds is 3. The van der Waals surface area contributed by atoms with Crippen molar-refractivity contribution in [3.63, 3.8) is 0 Å². The fraction of sp³-hybridized carbons (Fsp3) is 0.444. The molecular formula is C9H10N6O3S2. The van der Waals surface area contributed by atoms with E-state index in [0.717, 1.165) is 11.8 Å². The molecule has 1 fully saturated rings. The average Bonchev–Trinajstić information content (AvgIpc) is 2.82. The van der Waals surface area contributed by atoms with Gasteiger partial charge in [0.15, 0.2) is 0 Å². The zero-order valence-corrected chi connectivity index (χ0v) is 11.9. The highest BCUT2D eigenvalue weighted by Gasteiger charge is 2.52. The highest BCUT2D eigenvalue weighted by Crippen LogP contribution is 2.43. The number of carboxylic acid groups (broad SMARTS) is 1. The first kappa shape index (κ1) is 13.4. The third kappa shape index (κ3) is 1.89. The van der Waals surface area contributed by atoms with Crippen LogP contribution in [0.25, 0.3) is 0 Å². The minimum absolute atomic E-state index is 0.0200. The summed E-state index contributed by atoms with van der Waals surface area (Å²) >= 11 is 2.59. The summed E-state index contributed by atoms with van der Waals surface area (Å²) in [5, 5.41) is 20.5. The second-order valence-electron chi connectivity index (χ2n) is 4.20. The number of aromatic nitrogens is 4. The topological polar surface area (TPSA) is 127 Å². The smallest absolute Gasteiger partial charge is 0.353 e. The van der Waals surface area contributed by atoms with E-state index in [1.807, 2.05) is 0 Å². The van der Waals surface area contributed by atoms with E-state index in [9.17, 15) is 14.7 Å². The Labute approximate surface area is 121 Å². The van der Waals surface area contributed by atoms with E-state index < -0.39 is 12.0 Å². The second kappa shape index (κ2) is 4.75. The average molecular weight is 314 g/mol. The summed E-state index contributed by atoms with van der Waals surface area (Å²) in [6.07, 6.45) is 0. The third-order valence-corrected chi connectivity index (χ3v) is 5.57. The molecule has 1 saturated heterocycles. The van der Waals surface area contributed by atoms with Crippen molar-refractivity contribution >= 4 is 35.4 Å². The summed E-state index contributed by atoms with van der Waals surface area (Å²) in [4.78, 5) is 25.0. The van der Waals surface area contributed by atoms with E-state index in [-0.39, 0.29) is 17.0 Å². The fourth-order valence-electron chi connectivity index (χ4n) is 1.98. The number of β-lactam (4-membered cyclic amide) rings is 1. The van der Waals surface area contributed by atoms with Crippen LogP contribution in [0.15, 0.2) is 15.8 Å². The molecule has 0 spiro atoms. The lowest BCUT2D eigenvalue weighted by atomic mass is 10.1. The van der Waals surface area contributed by atoms with Gasteiger partial charge in [-0.3, -0.25) is 9.69 Å². The Hall–Kier alpha value is -1.59. The highest BCUT2D eigenvalue weighted by atomic mass is 32.2. The molecule has 3 N–H and O–H groups in total.